The zero-order valence-corrected chi connectivity index (χ0v) is 10.5. The van der Waals surface area contributed by atoms with E-state index in [-0.39, 0.29) is 11.8 Å². The Morgan fingerprint density at radius 3 is 2.75 bits per heavy atom. The van der Waals surface area contributed by atoms with Crippen LogP contribution in [0.5, 0.6) is 0 Å². The molecule has 1 unspecified atom stereocenters. The number of nitrogens with zero attached hydrogens (tertiary/aromatic N) is 2. The molecule has 16 heavy (non-hydrogen) atoms. The molecule has 0 fully saturated rings. The first-order valence-electron chi connectivity index (χ1n) is 5.75. The summed E-state index contributed by atoms with van der Waals surface area (Å²) in [5, 5.41) is 2.83. The van der Waals surface area contributed by atoms with Gasteiger partial charge in [0.15, 0.2) is 6.33 Å². The van der Waals surface area contributed by atoms with E-state index >= 15 is 0 Å². The average molecular weight is 222 g/mol. The fraction of sp³-hybridized carbons (Fsp3) is 0.667. The fourth-order valence-corrected chi connectivity index (χ4v) is 1.51. The minimum atomic E-state index is 0.0375. The number of aromatic nitrogens is 2. The molecule has 1 N–H and O–H groups in total. The van der Waals surface area contributed by atoms with Gasteiger partial charge in [0.2, 0.25) is 5.91 Å². The van der Waals surface area contributed by atoms with E-state index in [0.29, 0.717) is 6.54 Å². The standard InChI is InChI=1S/C12H20N3O/c1-5-13-12(16)9(2)6-7-15-8-14-10(3)11(15)4/h9H,5-7H2,1-4H3,(H,13,16). The number of hydrogen-bond donors (Lipinski definition) is 1. The Kier molecular flexibility index (Phi) is 4.52. The smallest absolute Gasteiger partial charge is 0.222 e. The van der Waals surface area contributed by atoms with Gasteiger partial charge in [-0.2, -0.15) is 0 Å². The second kappa shape index (κ2) is 5.68. The van der Waals surface area contributed by atoms with E-state index in [2.05, 4.69) is 16.6 Å². The van der Waals surface area contributed by atoms with Crippen molar-refractivity contribution in [2.75, 3.05) is 6.54 Å². The van der Waals surface area contributed by atoms with Gasteiger partial charge in [0.25, 0.3) is 0 Å². The molecule has 1 aromatic rings. The molecule has 0 aliphatic carbocycles. The molecule has 1 rings (SSSR count). The summed E-state index contributed by atoms with van der Waals surface area (Å²) in [7, 11) is 0. The van der Waals surface area contributed by atoms with Gasteiger partial charge in [-0.25, -0.2) is 4.98 Å². The summed E-state index contributed by atoms with van der Waals surface area (Å²) >= 11 is 0. The Hall–Kier alpha value is -1.32. The Morgan fingerprint density at radius 2 is 2.25 bits per heavy atom. The number of carbonyl (C=O) groups excluding carboxylic acids is 1. The topological polar surface area (TPSA) is 46.9 Å². The molecule has 0 aromatic carbocycles. The van der Waals surface area contributed by atoms with Crippen LogP contribution >= 0.6 is 0 Å². The number of nitrogens with one attached hydrogen (secondary N) is 1. The largest absolute Gasteiger partial charge is 0.356 e. The molecular formula is C12H20N3O. The van der Waals surface area contributed by atoms with Crippen LogP contribution in [0.3, 0.4) is 0 Å². The molecule has 0 bridgehead atoms. The van der Waals surface area contributed by atoms with Crippen molar-refractivity contribution in [2.24, 2.45) is 5.92 Å². The molecule has 1 heterocycles. The summed E-state index contributed by atoms with van der Waals surface area (Å²) in [6.45, 7) is 9.36. The molecular weight excluding hydrogens is 202 g/mol. The molecule has 1 radical (unpaired) electrons. The van der Waals surface area contributed by atoms with Crippen LogP contribution in [0.15, 0.2) is 0 Å². The van der Waals surface area contributed by atoms with Crippen molar-refractivity contribution in [1.29, 1.82) is 0 Å². The number of carbonyl (C=O) groups is 1. The Bertz CT molecular complexity index is 357. The van der Waals surface area contributed by atoms with E-state index < -0.39 is 0 Å². The van der Waals surface area contributed by atoms with E-state index in [1.165, 1.54) is 0 Å². The minimum Gasteiger partial charge on any atom is -0.356 e. The van der Waals surface area contributed by atoms with Gasteiger partial charge < -0.3 is 9.88 Å². The van der Waals surface area contributed by atoms with Crippen LogP contribution in [-0.4, -0.2) is 22.0 Å². The van der Waals surface area contributed by atoms with Gasteiger partial charge in [0, 0.05) is 24.7 Å². The van der Waals surface area contributed by atoms with E-state index in [4.69, 9.17) is 0 Å². The highest BCUT2D eigenvalue weighted by Crippen LogP contribution is 2.08. The molecule has 0 aliphatic heterocycles. The molecule has 1 amide bonds. The number of imidazole rings is 1. The zero-order valence-electron chi connectivity index (χ0n) is 10.5. The predicted molar refractivity (Wildman–Crippen MR) is 63.0 cm³/mol. The van der Waals surface area contributed by atoms with E-state index in [0.717, 1.165) is 24.4 Å². The highest BCUT2D eigenvalue weighted by molar-refractivity contribution is 5.78. The maximum atomic E-state index is 11.5. The fourth-order valence-electron chi connectivity index (χ4n) is 1.51. The highest BCUT2D eigenvalue weighted by atomic mass is 16.1. The second-order valence-corrected chi connectivity index (χ2v) is 4.12. The molecule has 4 heteroatoms. The SMILES string of the molecule is CCNC(=O)C(C)CCn1[c]nc(C)c1C. The quantitative estimate of drug-likeness (QED) is 0.820. The molecule has 0 spiro atoms. The van der Waals surface area contributed by atoms with Crippen molar-refractivity contribution in [3.8, 4) is 0 Å². The van der Waals surface area contributed by atoms with Crippen molar-refractivity contribution < 1.29 is 4.79 Å². The third-order valence-electron chi connectivity index (χ3n) is 2.85. The molecule has 1 atom stereocenters. The van der Waals surface area contributed by atoms with Crippen LogP contribution in [0.4, 0.5) is 0 Å². The average Bonchev–Trinajstić information content (AvgIpc) is 2.57. The van der Waals surface area contributed by atoms with Crippen molar-refractivity contribution in [2.45, 2.75) is 40.7 Å². The third kappa shape index (κ3) is 3.08. The molecule has 4 nitrogen and oxygen atoms in total. The first-order chi connectivity index (χ1) is 7.56. The second-order valence-electron chi connectivity index (χ2n) is 4.12. The number of rotatable bonds is 5. The van der Waals surface area contributed by atoms with Crippen LogP contribution in [-0.2, 0) is 11.3 Å². The number of hydrogen-bond acceptors (Lipinski definition) is 2. The van der Waals surface area contributed by atoms with Crippen LogP contribution in [0.25, 0.3) is 0 Å². The van der Waals surface area contributed by atoms with Crippen molar-refractivity contribution >= 4 is 5.91 Å². The monoisotopic (exact) mass is 222 g/mol. The van der Waals surface area contributed by atoms with E-state index in [9.17, 15) is 4.79 Å². The molecule has 0 aliphatic rings. The van der Waals surface area contributed by atoms with Gasteiger partial charge >= 0.3 is 0 Å². The third-order valence-corrected chi connectivity index (χ3v) is 2.85. The molecule has 0 saturated heterocycles. The van der Waals surface area contributed by atoms with Crippen LogP contribution in [0.2, 0.25) is 0 Å². The van der Waals surface area contributed by atoms with Gasteiger partial charge in [-0.15, -0.1) is 0 Å². The van der Waals surface area contributed by atoms with Gasteiger partial charge in [0.1, 0.15) is 0 Å². The van der Waals surface area contributed by atoms with Gasteiger partial charge in [-0.3, -0.25) is 4.79 Å². The van der Waals surface area contributed by atoms with Crippen molar-refractivity contribution in [1.82, 2.24) is 14.9 Å². The summed E-state index contributed by atoms with van der Waals surface area (Å²) in [5.74, 6) is 0.160. The van der Waals surface area contributed by atoms with Crippen molar-refractivity contribution in [3.63, 3.8) is 0 Å². The lowest BCUT2D eigenvalue weighted by Gasteiger charge is -2.11. The molecule has 89 valence electrons. The number of amides is 1. The van der Waals surface area contributed by atoms with E-state index in [1.807, 2.05) is 32.3 Å². The molecule has 1 aromatic heterocycles. The normalized spacial score (nSPS) is 12.5. The summed E-state index contributed by atoms with van der Waals surface area (Å²) in [6, 6.07) is 0. The maximum absolute atomic E-state index is 11.5. The first kappa shape index (κ1) is 12.7. The lowest BCUT2D eigenvalue weighted by Crippen LogP contribution is -2.29. The lowest BCUT2D eigenvalue weighted by atomic mass is 10.1. The summed E-state index contributed by atoms with van der Waals surface area (Å²) < 4.78 is 1.98. The Balaban J connectivity index is 2.45. The van der Waals surface area contributed by atoms with Crippen LogP contribution in [0, 0.1) is 26.1 Å². The van der Waals surface area contributed by atoms with Crippen molar-refractivity contribution in [3.05, 3.63) is 17.7 Å². The predicted octanol–water partition coefficient (Wildman–Crippen LogP) is 1.46. The van der Waals surface area contributed by atoms with E-state index in [1.54, 1.807) is 0 Å². The minimum absolute atomic E-state index is 0.0375. The Labute approximate surface area is 97.1 Å². The summed E-state index contributed by atoms with van der Waals surface area (Å²) in [4.78, 5) is 15.6. The molecule has 0 saturated carbocycles. The van der Waals surface area contributed by atoms with Gasteiger partial charge in [-0.05, 0) is 27.2 Å². The number of aryl methyl sites for hydroxylation is 2. The summed E-state index contributed by atoms with van der Waals surface area (Å²) in [5.41, 5.74) is 2.13. The lowest BCUT2D eigenvalue weighted by molar-refractivity contribution is -0.124. The van der Waals surface area contributed by atoms with Crippen LogP contribution < -0.4 is 5.32 Å². The Morgan fingerprint density at radius 1 is 1.56 bits per heavy atom. The van der Waals surface area contributed by atoms with Gasteiger partial charge in [0.05, 0.1) is 5.69 Å². The summed E-state index contributed by atoms with van der Waals surface area (Å²) in [6.07, 6.45) is 3.75. The van der Waals surface area contributed by atoms with Crippen LogP contribution in [0.1, 0.15) is 31.7 Å². The maximum Gasteiger partial charge on any atom is 0.222 e. The zero-order chi connectivity index (χ0) is 12.1. The highest BCUT2D eigenvalue weighted by Gasteiger charge is 2.12. The van der Waals surface area contributed by atoms with Gasteiger partial charge in [-0.1, -0.05) is 6.92 Å². The first-order valence-corrected chi connectivity index (χ1v) is 5.75.